The zero-order valence-corrected chi connectivity index (χ0v) is 10.1. The summed E-state index contributed by atoms with van der Waals surface area (Å²) in [6, 6.07) is 5.73. The van der Waals surface area contributed by atoms with Crippen molar-refractivity contribution >= 4 is 11.6 Å². The van der Waals surface area contributed by atoms with Crippen molar-refractivity contribution in [2.45, 2.75) is 13.0 Å². The lowest BCUT2D eigenvalue weighted by Crippen LogP contribution is -2.25. The lowest BCUT2D eigenvalue weighted by atomic mass is 10.3. The minimum Gasteiger partial charge on any atom is -0.348 e. The summed E-state index contributed by atoms with van der Waals surface area (Å²) in [4.78, 5) is 20.1. The number of carbonyl (C=O) groups is 1. The van der Waals surface area contributed by atoms with E-state index in [1.807, 2.05) is 35.0 Å². The van der Waals surface area contributed by atoms with E-state index in [9.17, 15) is 4.79 Å². The van der Waals surface area contributed by atoms with E-state index in [-0.39, 0.29) is 12.3 Å². The Morgan fingerprint density at radius 1 is 1.42 bits per heavy atom. The number of hydrogen-bond acceptors (Lipinski definition) is 4. The van der Waals surface area contributed by atoms with Crippen molar-refractivity contribution in [2.24, 2.45) is 0 Å². The van der Waals surface area contributed by atoms with E-state index in [4.69, 9.17) is 0 Å². The second kappa shape index (κ2) is 4.89. The van der Waals surface area contributed by atoms with E-state index in [1.54, 1.807) is 0 Å². The van der Waals surface area contributed by atoms with Gasteiger partial charge in [0.25, 0.3) is 0 Å². The standard InChI is InChI=1S/C12H12N6O/c19-12(13-6-10-14-8-15-17-10)5-9-7-18-4-2-1-3-11(18)16-9/h1-4,7-8H,5-6H2,(H,13,19)(H,14,15,17). The van der Waals surface area contributed by atoms with Crippen LogP contribution in [0.5, 0.6) is 0 Å². The Morgan fingerprint density at radius 2 is 2.37 bits per heavy atom. The molecule has 1 amide bonds. The SMILES string of the molecule is O=C(Cc1cn2ccccc2n1)NCc1ncn[nH]1. The van der Waals surface area contributed by atoms with Gasteiger partial charge in [0.05, 0.1) is 18.7 Å². The Hall–Kier alpha value is -2.70. The highest BCUT2D eigenvalue weighted by Gasteiger charge is 2.07. The first-order chi connectivity index (χ1) is 9.31. The highest BCUT2D eigenvalue weighted by molar-refractivity contribution is 5.78. The maximum atomic E-state index is 11.8. The molecular formula is C12H12N6O. The largest absolute Gasteiger partial charge is 0.348 e. The molecule has 0 saturated carbocycles. The van der Waals surface area contributed by atoms with Gasteiger partial charge in [-0.15, -0.1) is 0 Å². The zero-order chi connectivity index (χ0) is 13.1. The topological polar surface area (TPSA) is 88.0 Å². The summed E-state index contributed by atoms with van der Waals surface area (Å²) >= 11 is 0. The second-order valence-corrected chi connectivity index (χ2v) is 4.08. The molecule has 19 heavy (non-hydrogen) atoms. The van der Waals surface area contributed by atoms with Gasteiger partial charge in [-0.05, 0) is 12.1 Å². The molecule has 7 heteroatoms. The smallest absolute Gasteiger partial charge is 0.226 e. The number of carbonyl (C=O) groups excluding carboxylic acids is 1. The van der Waals surface area contributed by atoms with Crippen molar-refractivity contribution in [2.75, 3.05) is 0 Å². The van der Waals surface area contributed by atoms with Gasteiger partial charge >= 0.3 is 0 Å². The molecular weight excluding hydrogens is 244 g/mol. The van der Waals surface area contributed by atoms with Crippen LogP contribution >= 0.6 is 0 Å². The number of H-pyrrole nitrogens is 1. The number of hydrogen-bond donors (Lipinski definition) is 2. The summed E-state index contributed by atoms with van der Waals surface area (Å²) in [6.07, 6.45) is 5.40. The molecule has 2 N–H and O–H groups in total. The average molecular weight is 256 g/mol. The molecule has 0 spiro atoms. The van der Waals surface area contributed by atoms with E-state index in [1.165, 1.54) is 6.33 Å². The molecule has 0 unspecified atom stereocenters. The summed E-state index contributed by atoms with van der Waals surface area (Å²) in [6.45, 7) is 0.339. The Bertz CT molecular complexity index is 654. The van der Waals surface area contributed by atoms with Crippen molar-refractivity contribution in [3.63, 3.8) is 0 Å². The molecule has 0 aromatic carbocycles. The number of imidazole rings is 1. The fourth-order valence-corrected chi connectivity index (χ4v) is 1.80. The molecule has 0 aliphatic heterocycles. The lowest BCUT2D eigenvalue weighted by Gasteiger charge is -2.00. The minimum atomic E-state index is -0.0974. The average Bonchev–Trinajstić information content (AvgIpc) is 3.04. The fourth-order valence-electron chi connectivity index (χ4n) is 1.80. The maximum absolute atomic E-state index is 11.8. The molecule has 3 rings (SSSR count). The highest BCUT2D eigenvalue weighted by Crippen LogP contribution is 2.05. The molecule has 7 nitrogen and oxygen atoms in total. The molecule has 0 bridgehead atoms. The third-order valence-electron chi connectivity index (χ3n) is 2.67. The third kappa shape index (κ3) is 2.59. The van der Waals surface area contributed by atoms with Crippen LogP contribution in [0.3, 0.4) is 0 Å². The summed E-state index contributed by atoms with van der Waals surface area (Å²) in [5.74, 6) is 0.531. The number of nitrogens with zero attached hydrogens (tertiary/aromatic N) is 4. The fraction of sp³-hybridized carbons (Fsp3) is 0.167. The Kier molecular flexibility index (Phi) is 2.93. The van der Waals surface area contributed by atoms with Crippen molar-refractivity contribution in [3.8, 4) is 0 Å². The van der Waals surface area contributed by atoms with Gasteiger partial charge in [0.2, 0.25) is 5.91 Å². The summed E-state index contributed by atoms with van der Waals surface area (Å²) in [5, 5.41) is 9.15. The van der Waals surface area contributed by atoms with Gasteiger partial charge in [-0.25, -0.2) is 9.97 Å². The second-order valence-electron chi connectivity index (χ2n) is 4.08. The number of rotatable bonds is 4. The lowest BCUT2D eigenvalue weighted by molar-refractivity contribution is -0.120. The van der Waals surface area contributed by atoms with E-state index >= 15 is 0 Å². The van der Waals surface area contributed by atoms with Crippen LogP contribution in [-0.2, 0) is 17.8 Å². The molecule has 0 aliphatic carbocycles. The number of amides is 1. The quantitative estimate of drug-likeness (QED) is 0.703. The summed E-state index contributed by atoms with van der Waals surface area (Å²) < 4.78 is 1.89. The van der Waals surface area contributed by atoms with Gasteiger partial charge < -0.3 is 9.72 Å². The molecule has 3 heterocycles. The number of aromatic amines is 1. The molecule has 96 valence electrons. The van der Waals surface area contributed by atoms with E-state index in [0.717, 1.165) is 11.3 Å². The van der Waals surface area contributed by atoms with Crippen LogP contribution in [0, 0.1) is 0 Å². The normalized spacial score (nSPS) is 10.7. The Balaban J connectivity index is 1.62. The predicted octanol–water partition coefficient (Wildman–Crippen LogP) is 0.311. The van der Waals surface area contributed by atoms with Gasteiger partial charge in [0.1, 0.15) is 17.8 Å². The molecule has 0 radical (unpaired) electrons. The maximum Gasteiger partial charge on any atom is 0.226 e. The Labute approximate surface area is 108 Å². The first kappa shape index (κ1) is 11.4. The zero-order valence-electron chi connectivity index (χ0n) is 10.1. The molecule has 0 aliphatic rings. The van der Waals surface area contributed by atoms with Gasteiger partial charge in [0.15, 0.2) is 0 Å². The first-order valence-corrected chi connectivity index (χ1v) is 5.85. The third-order valence-corrected chi connectivity index (χ3v) is 2.67. The molecule has 0 saturated heterocycles. The van der Waals surface area contributed by atoms with E-state index in [2.05, 4.69) is 25.5 Å². The highest BCUT2D eigenvalue weighted by atomic mass is 16.1. The first-order valence-electron chi connectivity index (χ1n) is 5.85. The molecule has 3 aromatic rings. The molecule has 0 atom stereocenters. The summed E-state index contributed by atoms with van der Waals surface area (Å²) in [7, 11) is 0. The van der Waals surface area contributed by atoms with Crippen molar-refractivity contribution in [1.29, 1.82) is 0 Å². The van der Waals surface area contributed by atoms with Crippen LogP contribution in [0.4, 0.5) is 0 Å². The minimum absolute atomic E-state index is 0.0974. The van der Waals surface area contributed by atoms with Gasteiger partial charge in [-0.1, -0.05) is 6.07 Å². The van der Waals surface area contributed by atoms with E-state index < -0.39 is 0 Å². The number of aromatic nitrogens is 5. The molecule has 0 fully saturated rings. The van der Waals surface area contributed by atoms with Crippen molar-refractivity contribution in [1.82, 2.24) is 29.9 Å². The van der Waals surface area contributed by atoms with Crippen molar-refractivity contribution < 1.29 is 4.79 Å². The van der Waals surface area contributed by atoms with Gasteiger partial charge in [-0.3, -0.25) is 9.89 Å². The number of fused-ring (bicyclic) bond motifs is 1. The van der Waals surface area contributed by atoms with E-state index in [0.29, 0.717) is 12.4 Å². The van der Waals surface area contributed by atoms with Crippen LogP contribution in [0.25, 0.3) is 5.65 Å². The van der Waals surface area contributed by atoms with Crippen LogP contribution in [0.15, 0.2) is 36.9 Å². The number of pyridine rings is 1. The predicted molar refractivity (Wildman–Crippen MR) is 67.1 cm³/mol. The summed E-state index contributed by atoms with van der Waals surface area (Å²) in [5.41, 5.74) is 1.57. The number of nitrogens with one attached hydrogen (secondary N) is 2. The Morgan fingerprint density at radius 3 is 3.16 bits per heavy atom. The van der Waals surface area contributed by atoms with Crippen LogP contribution in [-0.4, -0.2) is 30.5 Å². The van der Waals surface area contributed by atoms with Crippen molar-refractivity contribution in [3.05, 3.63) is 48.4 Å². The van der Waals surface area contributed by atoms with Gasteiger partial charge in [-0.2, -0.15) is 5.10 Å². The monoisotopic (exact) mass is 256 g/mol. The van der Waals surface area contributed by atoms with Crippen LogP contribution in [0.2, 0.25) is 0 Å². The molecule has 3 aromatic heterocycles. The van der Waals surface area contributed by atoms with Gasteiger partial charge in [0, 0.05) is 12.4 Å². The van der Waals surface area contributed by atoms with Crippen LogP contribution in [0.1, 0.15) is 11.5 Å². The van der Waals surface area contributed by atoms with Crippen LogP contribution < -0.4 is 5.32 Å².